The monoisotopic (exact) mass is 412 g/mol. The Morgan fingerprint density at radius 3 is 2.95 bits per heavy atom. The van der Waals surface area contributed by atoms with Gasteiger partial charge in [0.15, 0.2) is 5.78 Å². The van der Waals surface area contributed by atoms with Gasteiger partial charge in [0.1, 0.15) is 5.75 Å². The Morgan fingerprint density at radius 1 is 1.29 bits per heavy atom. The molecule has 0 N–H and O–H groups in total. The van der Waals surface area contributed by atoms with Crippen LogP contribution in [0.25, 0.3) is 0 Å². The third kappa shape index (κ3) is 3.24. The summed E-state index contributed by atoms with van der Waals surface area (Å²) in [6.07, 6.45) is 1.37. The molecule has 21 heavy (non-hydrogen) atoms. The van der Waals surface area contributed by atoms with Crippen LogP contribution in [0.2, 0.25) is 5.02 Å². The van der Waals surface area contributed by atoms with Crippen LogP contribution in [0.3, 0.4) is 0 Å². The molecule has 0 fully saturated rings. The Labute approximate surface area is 142 Å². The highest BCUT2D eigenvalue weighted by Crippen LogP contribution is 2.36. The number of fused-ring (bicyclic) bond motifs is 1. The van der Waals surface area contributed by atoms with Gasteiger partial charge in [0.2, 0.25) is 0 Å². The van der Waals surface area contributed by atoms with E-state index >= 15 is 0 Å². The average molecular weight is 413 g/mol. The van der Waals surface area contributed by atoms with Crippen molar-refractivity contribution in [2.24, 2.45) is 0 Å². The summed E-state index contributed by atoms with van der Waals surface area (Å²) >= 11 is 8.19. The fourth-order valence-corrected chi connectivity index (χ4v) is 3.48. The summed E-state index contributed by atoms with van der Waals surface area (Å²) in [6, 6.07) is 13.4. The van der Waals surface area contributed by atoms with E-state index in [1.807, 2.05) is 30.3 Å². The third-order valence-electron chi connectivity index (χ3n) is 3.74. The van der Waals surface area contributed by atoms with Gasteiger partial charge in [-0.25, -0.2) is 0 Å². The predicted molar refractivity (Wildman–Crippen MR) is 92.4 cm³/mol. The largest absolute Gasteiger partial charge is 0.493 e. The van der Waals surface area contributed by atoms with Crippen molar-refractivity contribution < 1.29 is 9.53 Å². The number of ketones is 1. The number of benzene rings is 2. The van der Waals surface area contributed by atoms with Gasteiger partial charge in [-0.1, -0.05) is 29.8 Å². The molecule has 0 saturated heterocycles. The van der Waals surface area contributed by atoms with Crippen LogP contribution in [-0.2, 0) is 0 Å². The van der Waals surface area contributed by atoms with Gasteiger partial charge in [-0.05, 0) is 64.8 Å². The first-order valence-corrected chi connectivity index (χ1v) is 8.31. The summed E-state index contributed by atoms with van der Waals surface area (Å²) in [6.45, 7) is 0.668. The average Bonchev–Trinajstić information content (AvgIpc) is 2.50. The highest BCUT2D eigenvalue weighted by molar-refractivity contribution is 14.1. The summed E-state index contributed by atoms with van der Waals surface area (Å²) in [4.78, 5) is 12.6. The van der Waals surface area contributed by atoms with Crippen LogP contribution in [-0.4, -0.2) is 12.4 Å². The number of carbonyl (C=O) groups is 1. The van der Waals surface area contributed by atoms with E-state index in [9.17, 15) is 4.79 Å². The third-order valence-corrected chi connectivity index (χ3v) is 4.92. The molecule has 1 atom stereocenters. The number of hydrogen-bond acceptors (Lipinski definition) is 2. The molecule has 2 nitrogen and oxygen atoms in total. The van der Waals surface area contributed by atoms with Crippen molar-refractivity contribution in [3.63, 3.8) is 0 Å². The van der Waals surface area contributed by atoms with Crippen molar-refractivity contribution in [3.8, 4) is 5.75 Å². The van der Waals surface area contributed by atoms with Gasteiger partial charge in [0.25, 0.3) is 0 Å². The van der Waals surface area contributed by atoms with Gasteiger partial charge in [0.05, 0.1) is 6.61 Å². The van der Waals surface area contributed by atoms with Gasteiger partial charge >= 0.3 is 0 Å². The molecule has 0 spiro atoms. The van der Waals surface area contributed by atoms with Crippen molar-refractivity contribution in [3.05, 3.63) is 62.2 Å². The molecule has 1 aliphatic rings. The maximum absolute atomic E-state index is 12.6. The van der Waals surface area contributed by atoms with Crippen LogP contribution >= 0.6 is 34.2 Å². The van der Waals surface area contributed by atoms with Crippen molar-refractivity contribution in [2.45, 2.75) is 18.8 Å². The number of para-hydroxylation sites is 1. The number of hydrogen-bond donors (Lipinski definition) is 0. The lowest BCUT2D eigenvalue weighted by Gasteiger charge is -2.25. The minimum atomic E-state index is 0.142. The highest BCUT2D eigenvalue weighted by Gasteiger charge is 2.24. The summed E-state index contributed by atoms with van der Waals surface area (Å²) < 4.78 is 6.60. The van der Waals surface area contributed by atoms with E-state index in [1.165, 1.54) is 0 Å². The van der Waals surface area contributed by atoms with Crippen molar-refractivity contribution in [1.82, 2.24) is 0 Å². The van der Waals surface area contributed by atoms with Crippen LogP contribution in [0.1, 0.15) is 34.7 Å². The second kappa shape index (κ2) is 6.36. The minimum Gasteiger partial charge on any atom is -0.493 e. The molecule has 1 aliphatic heterocycles. The van der Waals surface area contributed by atoms with Gasteiger partial charge < -0.3 is 4.74 Å². The smallest absolute Gasteiger partial charge is 0.164 e. The van der Waals surface area contributed by atoms with Crippen LogP contribution in [0, 0.1) is 3.57 Å². The molecule has 108 valence electrons. The quantitative estimate of drug-likeness (QED) is 0.519. The minimum absolute atomic E-state index is 0.142. The molecular weight excluding hydrogens is 399 g/mol. The van der Waals surface area contributed by atoms with E-state index < -0.39 is 0 Å². The summed E-state index contributed by atoms with van der Waals surface area (Å²) in [7, 11) is 0. The molecule has 0 bridgehead atoms. The van der Waals surface area contributed by atoms with E-state index in [0.29, 0.717) is 23.6 Å². The Kier molecular flexibility index (Phi) is 4.50. The second-order valence-corrected chi connectivity index (χ2v) is 6.72. The Hall–Kier alpha value is -1.07. The van der Waals surface area contributed by atoms with Gasteiger partial charge in [0, 0.05) is 20.6 Å². The van der Waals surface area contributed by atoms with Crippen LogP contribution in [0.15, 0.2) is 42.5 Å². The zero-order valence-electron chi connectivity index (χ0n) is 11.3. The summed E-state index contributed by atoms with van der Waals surface area (Å²) in [5, 5.41) is 0.603. The summed E-state index contributed by atoms with van der Waals surface area (Å²) in [5.74, 6) is 1.27. The van der Waals surface area contributed by atoms with Crippen LogP contribution < -0.4 is 4.74 Å². The molecule has 4 heteroatoms. The molecule has 3 rings (SSSR count). The van der Waals surface area contributed by atoms with Gasteiger partial charge in [-0.15, -0.1) is 0 Å². The topological polar surface area (TPSA) is 26.3 Å². The molecule has 2 aromatic rings. The lowest BCUT2D eigenvalue weighted by Crippen LogP contribution is -2.17. The van der Waals surface area contributed by atoms with Gasteiger partial charge in [-0.2, -0.15) is 0 Å². The lowest BCUT2D eigenvalue weighted by atomic mass is 9.87. The summed E-state index contributed by atoms with van der Waals surface area (Å²) in [5.41, 5.74) is 1.85. The maximum Gasteiger partial charge on any atom is 0.164 e. The second-order valence-electron chi connectivity index (χ2n) is 5.12. The first kappa shape index (κ1) is 14.9. The molecule has 0 aromatic heterocycles. The van der Waals surface area contributed by atoms with Crippen molar-refractivity contribution in [1.29, 1.82) is 0 Å². The fourth-order valence-electron chi connectivity index (χ4n) is 2.67. The van der Waals surface area contributed by atoms with Crippen LogP contribution in [0.5, 0.6) is 5.75 Å². The molecule has 1 heterocycles. The number of halogens is 2. The lowest BCUT2D eigenvalue weighted by molar-refractivity contribution is 0.0965. The van der Waals surface area contributed by atoms with E-state index in [0.717, 1.165) is 21.3 Å². The maximum atomic E-state index is 12.6. The zero-order valence-corrected chi connectivity index (χ0v) is 14.2. The molecule has 0 aliphatic carbocycles. The number of ether oxygens (including phenoxy) is 1. The molecule has 1 unspecified atom stereocenters. The zero-order chi connectivity index (χ0) is 14.8. The SMILES string of the molecule is O=C(CC1CCOc2ccccc21)c1cc(Cl)ccc1I. The fraction of sp³-hybridized carbons (Fsp3) is 0.235. The first-order valence-electron chi connectivity index (χ1n) is 6.85. The molecular formula is C17H14ClIO2. The van der Waals surface area contributed by atoms with Crippen LogP contribution in [0.4, 0.5) is 0 Å². The molecule has 0 amide bonds. The molecule has 2 aromatic carbocycles. The van der Waals surface area contributed by atoms with Crippen molar-refractivity contribution >= 4 is 40.0 Å². The van der Waals surface area contributed by atoms with E-state index in [4.69, 9.17) is 16.3 Å². The highest BCUT2D eigenvalue weighted by atomic mass is 127. The molecule has 0 radical (unpaired) electrons. The number of Topliss-reactive ketones (excluding diaryl/α,β-unsaturated/α-hetero) is 1. The van der Waals surface area contributed by atoms with Crippen molar-refractivity contribution in [2.75, 3.05) is 6.61 Å². The Bertz CT molecular complexity index is 684. The van der Waals surface area contributed by atoms with E-state index in [2.05, 4.69) is 28.7 Å². The number of rotatable bonds is 3. The molecule has 0 saturated carbocycles. The predicted octanol–water partition coefficient (Wildman–Crippen LogP) is 5.08. The first-order chi connectivity index (χ1) is 10.1. The van der Waals surface area contributed by atoms with E-state index in [1.54, 1.807) is 6.07 Å². The Morgan fingerprint density at radius 2 is 2.10 bits per heavy atom. The number of carbonyl (C=O) groups excluding carboxylic acids is 1. The normalized spacial score (nSPS) is 17.0. The van der Waals surface area contributed by atoms with Gasteiger partial charge in [-0.3, -0.25) is 4.79 Å². The van der Waals surface area contributed by atoms with E-state index in [-0.39, 0.29) is 11.7 Å². The Balaban J connectivity index is 1.84. The standard InChI is InChI=1S/C17H14ClIO2/c18-12-5-6-15(19)14(10-12)16(20)9-11-7-8-21-17-4-2-1-3-13(11)17/h1-6,10-11H,7-9H2.